The normalized spacial score (nSPS) is 11.3. The number of hydrogen-bond donors (Lipinski definition) is 0. The van der Waals surface area contributed by atoms with Crippen molar-refractivity contribution in [1.82, 2.24) is 39.3 Å². The van der Waals surface area contributed by atoms with Crippen LogP contribution in [0.25, 0.3) is 28.2 Å². The van der Waals surface area contributed by atoms with Crippen molar-refractivity contribution in [3.05, 3.63) is 60.8 Å². The minimum absolute atomic E-state index is 0.504. The van der Waals surface area contributed by atoms with E-state index in [0.29, 0.717) is 29.4 Å². The Bertz CT molecular complexity index is 1240. The van der Waals surface area contributed by atoms with Gasteiger partial charge in [-0.3, -0.25) is 0 Å². The molecule has 27 heavy (non-hydrogen) atoms. The van der Waals surface area contributed by atoms with Gasteiger partial charge in [-0.15, -0.1) is 5.10 Å². The number of methoxy groups -OCH3 is 1. The van der Waals surface area contributed by atoms with E-state index in [1.54, 1.807) is 36.4 Å². The topological polar surface area (TPSA) is 95.9 Å². The van der Waals surface area contributed by atoms with E-state index < -0.39 is 0 Å². The lowest BCUT2D eigenvalue weighted by molar-refractivity contribution is 0.398. The average Bonchev–Trinajstić information content (AvgIpc) is 3.34. The van der Waals surface area contributed by atoms with Gasteiger partial charge < -0.3 is 9.14 Å². The van der Waals surface area contributed by atoms with Crippen LogP contribution in [-0.2, 0) is 6.54 Å². The lowest BCUT2D eigenvalue weighted by Crippen LogP contribution is -2.04. The Morgan fingerprint density at radius 1 is 1.04 bits per heavy atom. The molecule has 0 radical (unpaired) electrons. The maximum absolute atomic E-state index is 5.10. The smallest absolute Gasteiger partial charge is 0.221 e. The number of aromatic nitrogens is 8. The fourth-order valence-electron chi connectivity index (χ4n) is 2.89. The fourth-order valence-corrected chi connectivity index (χ4v) is 2.89. The standard InChI is InChI=1S/C18H14N8O/c1-27-16-5-3-13(8-20-16)14-9-21-17-18(22-14)26(24-23-17)11-12-2-4-15-19-6-7-25(15)10-12/h2-10H,11H2,1H3. The molecule has 5 aromatic rings. The van der Waals surface area contributed by atoms with Crippen LogP contribution in [0.4, 0.5) is 0 Å². The summed E-state index contributed by atoms with van der Waals surface area (Å²) in [6, 6.07) is 7.66. The van der Waals surface area contributed by atoms with Gasteiger partial charge in [0, 0.05) is 36.4 Å². The van der Waals surface area contributed by atoms with Gasteiger partial charge in [-0.1, -0.05) is 11.3 Å². The molecule has 5 rings (SSSR count). The van der Waals surface area contributed by atoms with Crippen molar-refractivity contribution < 1.29 is 4.74 Å². The molecule has 9 heteroatoms. The van der Waals surface area contributed by atoms with Crippen molar-refractivity contribution in [2.24, 2.45) is 0 Å². The zero-order chi connectivity index (χ0) is 18.2. The van der Waals surface area contributed by atoms with Gasteiger partial charge in [-0.25, -0.2) is 24.6 Å². The number of rotatable bonds is 4. The van der Waals surface area contributed by atoms with E-state index in [1.165, 1.54) is 0 Å². The molecule has 5 heterocycles. The van der Waals surface area contributed by atoms with E-state index >= 15 is 0 Å². The van der Waals surface area contributed by atoms with Gasteiger partial charge in [0.1, 0.15) is 5.65 Å². The highest BCUT2D eigenvalue weighted by atomic mass is 16.5. The van der Waals surface area contributed by atoms with Crippen LogP contribution < -0.4 is 4.74 Å². The van der Waals surface area contributed by atoms with Crippen LogP contribution in [0.15, 0.2) is 55.2 Å². The van der Waals surface area contributed by atoms with Crippen molar-refractivity contribution in [2.45, 2.75) is 6.54 Å². The first-order valence-electron chi connectivity index (χ1n) is 8.28. The number of imidazole rings is 1. The Morgan fingerprint density at radius 2 is 2.00 bits per heavy atom. The Morgan fingerprint density at radius 3 is 2.85 bits per heavy atom. The summed E-state index contributed by atoms with van der Waals surface area (Å²) < 4.78 is 8.80. The van der Waals surface area contributed by atoms with Crippen LogP contribution in [-0.4, -0.2) is 46.4 Å². The molecule has 0 saturated carbocycles. The SMILES string of the molecule is COc1ccc(-c2cnc3nnn(Cc4ccc5nccn5c4)c3n2)cn1. The number of hydrogen-bond acceptors (Lipinski definition) is 7. The second-order valence-electron chi connectivity index (χ2n) is 5.97. The molecule has 0 N–H and O–H groups in total. The maximum atomic E-state index is 5.10. The third-order valence-electron chi connectivity index (χ3n) is 4.25. The van der Waals surface area contributed by atoms with Gasteiger partial charge in [-0.2, -0.15) is 0 Å². The monoisotopic (exact) mass is 358 g/mol. The van der Waals surface area contributed by atoms with Crippen molar-refractivity contribution in [3.63, 3.8) is 0 Å². The van der Waals surface area contributed by atoms with Gasteiger partial charge in [-0.05, 0) is 17.7 Å². The Kier molecular flexibility index (Phi) is 3.49. The van der Waals surface area contributed by atoms with E-state index in [-0.39, 0.29) is 0 Å². The van der Waals surface area contributed by atoms with Crippen LogP contribution in [0.1, 0.15) is 5.56 Å². The van der Waals surface area contributed by atoms with Crippen LogP contribution in [0, 0.1) is 0 Å². The van der Waals surface area contributed by atoms with Crippen LogP contribution >= 0.6 is 0 Å². The predicted molar refractivity (Wildman–Crippen MR) is 97.2 cm³/mol. The number of ether oxygens (including phenoxy) is 1. The average molecular weight is 358 g/mol. The Balaban J connectivity index is 1.52. The summed E-state index contributed by atoms with van der Waals surface area (Å²) in [6.45, 7) is 0.531. The first-order valence-corrected chi connectivity index (χ1v) is 8.28. The molecule has 0 atom stereocenters. The van der Waals surface area contributed by atoms with Gasteiger partial charge in [0.2, 0.25) is 11.5 Å². The van der Waals surface area contributed by atoms with Crippen LogP contribution in [0.5, 0.6) is 5.88 Å². The summed E-state index contributed by atoms with van der Waals surface area (Å²) >= 11 is 0. The predicted octanol–water partition coefficient (Wildman–Crippen LogP) is 1.99. The zero-order valence-electron chi connectivity index (χ0n) is 14.4. The lowest BCUT2D eigenvalue weighted by atomic mass is 10.2. The van der Waals surface area contributed by atoms with Gasteiger partial charge in [0.15, 0.2) is 5.65 Å². The van der Waals surface area contributed by atoms with Crippen LogP contribution in [0.3, 0.4) is 0 Å². The number of fused-ring (bicyclic) bond motifs is 2. The third kappa shape index (κ3) is 2.74. The summed E-state index contributed by atoms with van der Waals surface area (Å²) in [5, 5.41) is 8.32. The molecule has 0 spiro atoms. The van der Waals surface area contributed by atoms with E-state index in [9.17, 15) is 0 Å². The minimum Gasteiger partial charge on any atom is -0.481 e. The summed E-state index contributed by atoms with van der Waals surface area (Å²) in [5.41, 5.74) is 4.63. The number of pyridine rings is 2. The molecule has 0 fully saturated rings. The highest BCUT2D eigenvalue weighted by Gasteiger charge is 2.11. The van der Waals surface area contributed by atoms with Crippen molar-refractivity contribution >= 4 is 16.9 Å². The summed E-state index contributed by atoms with van der Waals surface area (Å²) in [6.07, 6.45) is 9.07. The quantitative estimate of drug-likeness (QED) is 0.485. The lowest BCUT2D eigenvalue weighted by Gasteiger charge is -2.05. The highest BCUT2D eigenvalue weighted by Crippen LogP contribution is 2.20. The largest absolute Gasteiger partial charge is 0.481 e. The molecular formula is C18H14N8O. The molecule has 0 aliphatic heterocycles. The molecular weight excluding hydrogens is 344 g/mol. The molecule has 0 aromatic carbocycles. The molecule has 132 valence electrons. The van der Waals surface area contributed by atoms with E-state index in [1.807, 2.05) is 35.0 Å². The van der Waals surface area contributed by atoms with Gasteiger partial charge in [0.05, 0.1) is 25.5 Å². The van der Waals surface area contributed by atoms with E-state index in [4.69, 9.17) is 4.74 Å². The second kappa shape index (κ2) is 6.13. The molecule has 0 unspecified atom stereocenters. The van der Waals surface area contributed by atoms with Gasteiger partial charge in [0.25, 0.3) is 0 Å². The van der Waals surface area contributed by atoms with Gasteiger partial charge >= 0.3 is 0 Å². The maximum Gasteiger partial charge on any atom is 0.221 e. The van der Waals surface area contributed by atoms with E-state index in [0.717, 1.165) is 16.8 Å². The highest BCUT2D eigenvalue weighted by molar-refractivity contribution is 5.69. The minimum atomic E-state index is 0.504. The summed E-state index contributed by atoms with van der Waals surface area (Å²) in [7, 11) is 1.58. The second-order valence-corrected chi connectivity index (χ2v) is 5.97. The summed E-state index contributed by atoms with van der Waals surface area (Å²) in [5.74, 6) is 0.550. The Hall–Kier alpha value is -3.88. The first-order chi connectivity index (χ1) is 13.3. The molecule has 0 amide bonds. The molecule has 0 aliphatic rings. The first kappa shape index (κ1) is 15.4. The van der Waals surface area contributed by atoms with E-state index in [2.05, 4.69) is 30.2 Å². The zero-order valence-corrected chi connectivity index (χ0v) is 14.4. The number of nitrogens with zero attached hydrogens (tertiary/aromatic N) is 8. The fraction of sp³-hybridized carbons (Fsp3) is 0.111. The van der Waals surface area contributed by atoms with Crippen molar-refractivity contribution in [1.29, 1.82) is 0 Å². The molecule has 9 nitrogen and oxygen atoms in total. The van der Waals surface area contributed by atoms with Crippen molar-refractivity contribution in [3.8, 4) is 17.1 Å². The summed E-state index contributed by atoms with van der Waals surface area (Å²) in [4.78, 5) is 17.5. The Labute approximate surface area is 153 Å². The molecule has 0 aliphatic carbocycles. The molecule has 0 bridgehead atoms. The third-order valence-corrected chi connectivity index (χ3v) is 4.25. The molecule has 5 aromatic heterocycles. The van der Waals surface area contributed by atoms with Crippen LogP contribution in [0.2, 0.25) is 0 Å². The molecule has 0 saturated heterocycles. The van der Waals surface area contributed by atoms with Crippen molar-refractivity contribution in [2.75, 3.05) is 7.11 Å².